The Morgan fingerprint density at radius 3 is 2.76 bits per heavy atom. The van der Waals surface area contributed by atoms with Crippen LogP contribution in [0.5, 0.6) is 5.75 Å². The van der Waals surface area contributed by atoms with Gasteiger partial charge in [-0.25, -0.2) is 4.98 Å². The van der Waals surface area contributed by atoms with Gasteiger partial charge in [0.05, 0.1) is 34.4 Å². The third-order valence-electron chi connectivity index (χ3n) is 6.19. The number of benzene rings is 1. The van der Waals surface area contributed by atoms with E-state index in [1.54, 1.807) is 19.1 Å². The first-order valence-electron chi connectivity index (χ1n) is 11.1. The molecule has 0 aliphatic carbocycles. The van der Waals surface area contributed by atoms with E-state index in [1.165, 1.54) is 18.0 Å². The van der Waals surface area contributed by atoms with Gasteiger partial charge in [-0.1, -0.05) is 11.6 Å². The summed E-state index contributed by atoms with van der Waals surface area (Å²) in [6.07, 6.45) is 4.44. The number of nitrogens with one attached hydrogen (secondary N) is 1. The number of hydrogen-bond donors (Lipinski definition) is 1. The molecule has 1 atom stereocenters. The number of halogens is 1. The molecule has 3 heterocycles. The minimum absolute atomic E-state index is 0.0675. The van der Waals surface area contributed by atoms with Crippen LogP contribution in [0.4, 0.5) is 5.69 Å². The standard InChI is InChI=1S/C24H27ClN4O4S/c1-13-9-16(25)20(33-4)17(10-13)27-22(31)21-15(3)19-23(34-21)26-12-28(24(19)32)11-18(30)29-8-6-5-7-14(29)2/h9-10,12,14H,5-8,11H2,1-4H3,(H,27,31). The Balaban J connectivity index is 1.63. The molecular weight excluding hydrogens is 476 g/mol. The van der Waals surface area contributed by atoms with Crippen LogP contribution in [-0.4, -0.2) is 46.0 Å². The summed E-state index contributed by atoms with van der Waals surface area (Å²) in [7, 11) is 1.48. The zero-order valence-electron chi connectivity index (χ0n) is 19.6. The van der Waals surface area contributed by atoms with Crippen LogP contribution in [0.1, 0.15) is 47.0 Å². The number of anilines is 1. The van der Waals surface area contributed by atoms with Gasteiger partial charge in [-0.3, -0.25) is 19.0 Å². The molecule has 0 saturated carbocycles. The summed E-state index contributed by atoms with van der Waals surface area (Å²) in [6.45, 7) is 6.26. The van der Waals surface area contributed by atoms with Gasteiger partial charge in [-0.05, 0) is 63.3 Å². The van der Waals surface area contributed by atoms with Crippen molar-refractivity contribution in [2.75, 3.05) is 19.0 Å². The van der Waals surface area contributed by atoms with Gasteiger partial charge in [-0.15, -0.1) is 11.3 Å². The molecule has 2 aromatic heterocycles. The minimum Gasteiger partial charge on any atom is -0.493 e. The highest BCUT2D eigenvalue weighted by atomic mass is 35.5. The van der Waals surface area contributed by atoms with Crippen LogP contribution in [0.25, 0.3) is 10.2 Å². The van der Waals surface area contributed by atoms with E-state index in [9.17, 15) is 14.4 Å². The van der Waals surface area contributed by atoms with E-state index >= 15 is 0 Å². The molecule has 0 spiro atoms. The summed E-state index contributed by atoms with van der Waals surface area (Å²) >= 11 is 7.38. The van der Waals surface area contributed by atoms with Crippen molar-refractivity contribution in [3.05, 3.63) is 49.8 Å². The number of ether oxygens (including phenoxy) is 1. The van der Waals surface area contributed by atoms with E-state index in [0.29, 0.717) is 43.7 Å². The molecule has 1 N–H and O–H groups in total. The van der Waals surface area contributed by atoms with Crippen LogP contribution in [-0.2, 0) is 11.3 Å². The third kappa shape index (κ3) is 4.54. The Morgan fingerprint density at radius 2 is 2.06 bits per heavy atom. The van der Waals surface area contributed by atoms with Crippen LogP contribution in [0, 0.1) is 13.8 Å². The molecule has 4 rings (SSSR count). The number of rotatable bonds is 5. The number of thiophene rings is 1. The first-order valence-corrected chi connectivity index (χ1v) is 12.3. The summed E-state index contributed by atoms with van der Waals surface area (Å²) in [4.78, 5) is 46.2. The van der Waals surface area contributed by atoms with E-state index in [-0.39, 0.29) is 30.0 Å². The van der Waals surface area contributed by atoms with E-state index in [1.807, 2.05) is 18.7 Å². The van der Waals surface area contributed by atoms with Crippen molar-refractivity contribution >= 4 is 50.7 Å². The highest BCUT2D eigenvalue weighted by molar-refractivity contribution is 7.20. The number of fused-ring (bicyclic) bond motifs is 1. The number of piperidine rings is 1. The molecule has 34 heavy (non-hydrogen) atoms. The average molecular weight is 503 g/mol. The van der Waals surface area contributed by atoms with Gasteiger partial charge >= 0.3 is 0 Å². The van der Waals surface area contributed by atoms with Crippen LogP contribution >= 0.6 is 22.9 Å². The fraction of sp³-hybridized carbons (Fsp3) is 0.417. The lowest BCUT2D eigenvalue weighted by atomic mass is 10.0. The first kappa shape index (κ1) is 24.2. The predicted octanol–water partition coefficient (Wildman–Crippen LogP) is 4.39. The molecule has 1 saturated heterocycles. The molecular formula is C24H27ClN4O4S. The van der Waals surface area contributed by atoms with Gasteiger partial charge in [0.15, 0.2) is 5.75 Å². The minimum atomic E-state index is -0.385. The molecule has 0 radical (unpaired) electrons. The number of hydrogen-bond acceptors (Lipinski definition) is 6. The van der Waals surface area contributed by atoms with Crippen LogP contribution < -0.4 is 15.6 Å². The van der Waals surface area contributed by atoms with E-state index in [0.717, 1.165) is 36.2 Å². The summed E-state index contributed by atoms with van der Waals surface area (Å²) in [5.74, 6) is -0.111. The van der Waals surface area contributed by atoms with Crippen molar-refractivity contribution in [1.29, 1.82) is 0 Å². The monoisotopic (exact) mass is 502 g/mol. The number of likely N-dealkylation sites (tertiary alicyclic amines) is 1. The van der Waals surface area contributed by atoms with Crippen molar-refractivity contribution in [2.24, 2.45) is 0 Å². The van der Waals surface area contributed by atoms with E-state index < -0.39 is 0 Å². The van der Waals surface area contributed by atoms with Crippen molar-refractivity contribution in [3.63, 3.8) is 0 Å². The molecule has 3 aromatic rings. The SMILES string of the molecule is COc1c(Cl)cc(C)cc1NC(=O)c1sc2ncn(CC(=O)N3CCCCC3C)c(=O)c2c1C. The van der Waals surface area contributed by atoms with Crippen LogP contribution in [0.3, 0.4) is 0 Å². The Hall–Kier alpha value is -2.91. The van der Waals surface area contributed by atoms with E-state index in [2.05, 4.69) is 10.3 Å². The number of carbonyl (C=O) groups is 2. The smallest absolute Gasteiger partial charge is 0.266 e. The Morgan fingerprint density at radius 1 is 1.29 bits per heavy atom. The van der Waals surface area contributed by atoms with Gasteiger partial charge in [0.2, 0.25) is 5.91 Å². The van der Waals surface area contributed by atoms with Crippen molar-refractivity contribution in [2.45, 2.75) is 52.6 Å². The maximum atomic E-state index is 13.2. The number of nitrogens with zero attached hydrogens (tertiary/aromatic N) is 3. The van der Waals surface area contributed by atoms with Gasteiger partial charge in [0.1, 0.15) is 11.4 Å². The van der Waals surface area contributed by atoms with Crippen LogP contribution in [0.2, 0.25) is 5.02 Å². The second-order valence-electron chi connectivity index (χ2n) is 8.63. The van der Waals surface area contributed by atoms with Gasteiger partial charge in [0, 0.05) is 12.6 Å². The third-order valence-corrected chi connectivity index (χ3v) is 7.67. The number of amides is 2. The highest BCUT2D eigenvalue weighted by Crippen LogP contribution is 2.35. The van der Waals surface area contributed by atoms with Crippen molar-refractivity contribution in [3.8, 4) is 5.75 Å². The molecule has 180 valence electrons. The second kappa shape index (κ2) is 9.76. The summed E-state index contributed by atoms with van der Waals surface area (Å²) in [5, 5.41) is 3.58. The van der Waals surface area contributed by atoms with Gasteiger partial charge < -0.3 is 15.0 Å². The summed E-state index contributed by atoms with van der Waals surface area (Å²) in [5.41, 5.74) is 1.51. The van der Waals surface area contributed by atoms with Crippen LogP contribution in [0.15, 0.2) is 23.3 Å². The maximum absolute atomic E-state index is 13.2. The molecule has 1 aromatic carbocycles. The first-order chi connectivity index (χ1) is 16.2. The quantitative estimate of drug-likeness (QED) is 0.558. The number of methoxy groups -OCH3 is 1. The van der Waals surface area contributed by atoms with Crippen molar-refractivity contribution < 1.29 is 14.3 Å². The lowest BCUT2D eigenvalue weighted by Gasteiger charge is -2.33. The largest absolute Gasteiger partial charge is 0.493 e. The fourth-order valence-corrected chi connectivity index (χ4v) is 5.79. The average Bonchev–Trinajstić information content (AvgIpc) is 3.13. The predicted molar refractivity (Wildman–Crippen MR) is 134 cm³/mol. The fourth-order valence-electron chi connectivity index (χ4n) is 4.40. The van der Waals surface area contributed by atoms with E-state index in [4.69, 9.17) is 16.3 Å². The zero-order chi connectivity index (χ0) is 24.6. The number of aromatic nitrogens is 2. The van der Waals surface area contributed by atoms with Gasteiger partial charge in [-0.2, -0.15) is 0 Å². The lowest BCUT2D eigenvalue weighted by Crippen LogP contribution is -2.44. The molecule has 1 unspecified atom stereocenters. The van der Waals surface area contributed by atoms with Gasteiger partial charge in [0.25, 0.3) is 11.5 Å². The lowest BCUT2D eigenvalue weighted by molar-refractivity contribution is -0.135. The van der Waals surface area contributed by atoms with Crippen molar-refractivity contribution in [1.82, 2.24) is 14.5 Å². The number of aryl methyl sites for hydroxylation is 2. The highest BCUT2D eigenvalue weighted by Gasteiger charge is 2.25. The Labute approximate surface area is 206 Å². The molecule has 10 heteroatoms. The molecule has 2 amide bonds. The normalized spacial score (nSPS) is 16.0. The summed E-state index contributed by atoms with van der Waals surface area (Å²) in [6, 6.07) is 3.68. The Bertz CT molecular complexity index is 1330. The second-order valence-corrected chi connectivity index (χ2v) is 10.0. The molecule has 0 bridgehead atoms. The Kier molecular flexibility index (Phi) is 6.95. The molecule has 8 nitrogen and oxygen atoms in total. The number of carbonyl (C=O) groups excluding carboxylic acids is 2. The maximum Gasteiger partial charge on any atom is 0.266 e. The zero-order valence-corrected chi connectivity index (χ0v) is 21.2. The summed E-state index contributed by atoms with van der Waals surface area (Å²) < 4.78 is 6.67. The topological polar surface area (TPSA) is 93.5 Å². The molecule has 1 fully saturated rings. The molecule has 1 aliphatic heterocycles. The molecule has 1 aliphatic rings.